The molecule has 1 fully saturated rings. The van der Waals surface area contributed by atoms with E-state index in [9.17, 15) is 14.0 Å². The Morgan fingerprint density at radius 3 is 2.74 bits per heavy atom. The number of fused-ring (bicyclic) bond motifs is 1. The average molecular weight is 383 g/mol. The minimum absolute atomic E-state index is 0.00705. The summed E-state index contributed by atoms with van der Waals surface area (Å²) in [6.07, 6.45) is 0.648. The number of hydrogen-bond donors (Lipinski definition) is 0. The largest absolute Gasteiger partial charge is 0.451 e. The summed E-state index contributed by atoms with van der Waals surface area (Å²) in [4.78, 5) is 26.8. The smallest absolute Gasteiger partial charge is 0.289 e. The van der Waals surface area contributed by atoms with Crippen LogP contribution in [-0.4, -0.2) is 29.6 Å². The predicted molar refractivity (Wildman–Crippen MR) is 105 cm³/mol. The molecule has 1 amide bonds. The molecule has 3 aromatic rings. The minimum atomic E-state index is -0.298. The maximum absolute atomic E-state index is 14.1. The molecule has 2 aromatic carbocycles. The van der Waals surface area contributed by atoms with E-state index in [1.54, 1.807) is 53.1 Å². The number of para-hydroxylation sites is 1. The van der Waals surface area contributed by atoms with Crippen molar-refractivity contribution in [1.29, 1.82) is 0 Å². The van der Waals surface area contributed by atoms with Gasteiger partial charge in [0, 0.05) is 35.7 Å². The van der Waals surface area contributed by atoms with E-state index in [1.165, 1.54) is 12.1 Å². The topological polar surface area (TPSA) is 50.5 Å². The molecule has 0 saturated carbocycles. The predicted octanol–water partition coefficient (Wildman–Crippen LogP) is 4.25. The van der Waals surface area contributed by atoms with E-state index in [1.807, 2.05) is 6.07 Å². The van der Waals surface area contributed by atoms with E-state index in [4.69, 9.17) is 4.42 Å². The van der Waals surface area contributed by atoms with Crippen molar-refractivity contribution in [1.82, 2.24) is 4.90 Å². The van der Waals surface area contributed by atoms with Crippen LogP contribution in [0.25, 0.3) is 11.0 Å². The van der Waals surface area contributed by atoms with Crippen LogP contribution in [0.4, 0.5) is 4.39 Å². The highest BCUT2D eigenvalue weighted by Crippen LogP contribution is 2.35. The molecule has 4 nitrogen and oxygen atoms in total. The quantitative estimate of drug-likeness (QED) is 0.664. The molecule has 0 bridgehead atoms. The molecule has 1 aromatic heterocycles. The normalized spacial score (nSPS) is 17.7. The van der Waals surface area contributed by atoms with Gasteiger partial charge in [0.05, 0.1) is 5.39 Å². The van der Waals surface area contributed by atoms with Crippen molar-refractivity contribution in [2.75, 3.05) is 18.8 Å². The van der Waals surface area contributed by atoms with Gasteiger partial charge < -0.3 is 9.32 Å². The maximum Gasteiger partial charge on any atom is 0.289 e. The Bertz CT molecular complexity index is 1050. The number of nitrogens with zero attached hydrogens (tertiary/aromatic N) is 1. The number of amides is 1. The zero-order valence-corrected chi connectivity index (χ0v) is 15.4. The highest BCUT2D eigenvalue weighted by atomic mass is 32.2. The molecule has 1 aliphatic rings. The fourth-order valence-electron chi connectivity index (χ4n) is 3.32. The molecule has 1 atom stereocenters. The van der Waals surface area contributed by atoms with E-state index >= 15 is 0 Å². The van der Waals surface area contributed by atoms with Crippen LogP contribution < -0.4 is 5.43 Å². The lowest BCUT2D eigenvalue weighted by Crippen LogP contribution is -2.33. The Kier molecular flexibility index (Phi) is 4.99. The lowest BCUT2D eigenvalue weighted by atomic mass is 10.1. The van der Waals surface area contributed by atoms with Crippen LogP contribution in [0.3, 0.4) is 0 Å². The van der Waals surface area contributed by atoms with Gasteiger partial charge in [0.25, 0.3) is 5.91 Å². The van der Waals surface area contributed by atoms with Crippen LogP contribution in [-0.2, 0) is 0 Å². The molecule has 1 saturated heterocycles. The zero-order valence-electron chi connectivity index (χ0n) is 14.6. The molecule has 138 valence electrons. The van der Waals surface area contributed by atoms with Crippen LogP contribution in [0.5, 0.6) is 0 Å². The van der Waals surface area contributed by atoms with E-state index in [0.29, 0.717) is 41.8 Å². The monoisotopic (exact) mass is 383 g/mol. The summed E-state index contributed by atoms with van der Waals surface area (Å²) in [6, 6.07) is 14.9. The van der Waals surface area contributed by atoms with Gasteiger partial charge in [-0.3, -0.25) is 9.59 Å². The van der Waals surface area contributed by atoms with Crippen molar-refractivity contribution in [2.45, 2.75) is 11.7 Å². The van der Waals surface area contributed by atoms with Crippen LogP contribution in [0, 0.1) is 5.82 Å². The van der Waals surface area contributed by atoms with Crippen LogP contribution >= 0.6 is 11.8 Å². The van der Waals surface area contributed by atoms with Gasteiger partial charge >= 0.3 is 0 Å². The third-order valence-electron chi connectivity index (χ3n) is 4.73. The average Bonchev–Trinajstić information content (AvgIpc) is 2.94. The van der Waals surface area contributed by atoms with E-state index in [0.717, 1.165) is 0 Å². The van der Waals surface area contributed by atoms with Gasteiger partial charge in [-0.15, -0.1) is 0 Å². The fraction of sp³-hybridized carbons (Fsp3) is 0.238. The molecule has 4 rings (SSSR count). The van der Waals surface area contributed by atoms with Gasteiger partial charge in [-0.1, -0.05) is 30.3 Å². The molecule has 0 radical (unpaired) electrons. The number of hydrogen-bond acceptors (Lipinski definition) is 4. The standard InChI is InChI=1S/C21H18FNO3S/c22-16-7-3-1-5-14(16)20-9-10-23(11-12-27-20)21(25)19-13-17(24)15-6-2-4-8-18(15)26-19/h1-8,13,20H,9-12H2/t20-/m0/s1. The fourth-order valence-corrected chi connectivity index (χ4v) is 4.58. The van der Waals surface area contributed by atoms with Gasteiger partial charge in [0.1, 0.15) is 11.4 Å². The van der Waals surface area contributed by atoms with Crippen LogP contribution in [0.1, 0.15) is 27.8 Å². The van der Waals surface area contributed by atoms with Crippen molar-refractivity contribution in [3.8, 4) is 0 Å². The number of carbonyl (C=O) groups excluding carboxylic acids is 1. The summed E-state index contributed by atoms with van der Waals surface area (Å²) in [5.74, 6) is 0.235. The first-order valence-electron chi connectivity index (χ1n) is 8.81. The second-order valence-electron chi connectivity index (χ2n) is 6.43. The molecular formula is C21H18FNO3S. The highest BCUT2D eigenvalue weighted by molar-refractivity contribution is 7.99. The molecule has 0 aliphatic carbocycles. The number of carbonyl (C=O) groups is 1. The molecule has 0 N–H and O–H groups in total. The Labute approximate surface area is 160 Å². The van der Waals surface area contributed by atoms with Crippen molar-refractivity contribution < 1.29 is 13.6 Å². The summed E-state index contributed by atoms with van der Waals surface area (Å²) < 4.78 is 19.7. The van der Waals surface area contributed by atoms with Crippen molar-refractivity contribution in [2.24, 2.45) is 0 Å². The Balaban J connectivity index is 1.55. The highest BCUT2D eigenvalue weighted by Gasteiger charge is 2.26. The second-order valence-corrected chi connectivity index (χ2v) is 7.74. The minimum Gasteiger partial charge on any atom is -0.451 e. The van der Waals surface area contributed by atoms with Gasteiger partial charge in [-0.05, 0) is 24.6 Å². The summed E-state index contributed by atoms with van der Waals surface area (Å²) in [6.45, 7) is 1.02. The summed E-state index contributed by atoms with van der Waals surface area (Å²) >= 11 is 1.65. The molecular weight excluding hydrogens is 365 g/mol. The first-order chi connectivity index (χ1) is 13.1. The van der Waals surface area contributed by atoms with Gasteiger partial charge in [0.2, 0.25) is 0 Å². The second kappa shape index (κ2) is 7.56. The van der Waals surface area contributed by atoms with E-state index < -0.39 is 0 Å². The Hall–Kier alpha value is -2.60. The molecule has 27 heavy (non-hydrogen) atoms. The van der Waals surface area contributed by atoms with E-state index in [2.05, 4.69) is 0 Å². The lowest BCUT2D eigenvalue weighted by Gasteiger charge is -2.19. The molecule has 2 heterocycles. The molecule has 0 spiro atoms. The van der Waals surface area contributed by atoms with Gasteiger partial charge in [-0.25, -0.2) is 4.39 Å². The number of halogens is 1. The van der Waals surface area contributed by atoms with Crippen LogP contribution in [0.2, 0.25) is 0 Å². The summed E-state index contributed by atoms with van der Waals surface area (Å²) in [7, 11) is 0. The van der Waals surface area contributed by atoms with Crippen molar-refractivity contribution in [3.63, 3.8) is 0 Å². The van der Waals surface area contributed by atoms with Crippen molar-refractivity contribution >= 4 is 28.6 Å². The first kappa shape index (κ1) is 17.8. The first-order valence-corrected chi connectivity index (χ1v) is 9.86. The summed E-state index contributed by atoms with van der Waals surface area (Å²) in [5.41, 5.74) is 0.851. The zero-order chi connectivity index (χ0) is 18.8. The third kappa shape index (κ3) is 3.62. The number of benzene rings is 2. The van der Waals surface area contributed by atoms with E-state index in [-0.39, 0.29) is 28.2 Å². The van der Waals surface area contributed by atoms with Crippen molar-refractivity contribution in [3.05, 3.63) is 82.0 Å². The SMILES string of the molecule is O=C(c1cc(=O)c2ccccc2o1)N1CCS[C@H](c2ccccc2F)CC1. The van der Waals surface area contributed by atoms with Gasteiger partial charge in [0.15, 0.2) is 11.2 Å². The Morgan fingerprint density at radius 2 is 1.89 bits per heavy atom. The molecule has 6 heteroatoms. The third-order valence-corrected chi connectivity index (χ3v) is 6.04. The maximum atomic E-state index is 14.1. The van der Waals surface area contributed by atoms with Gasteiger partial charge in [-0.2, -0.15) is 11.8 Å². The Morgan fingerprint density at radius 1 is 1.11 bits per heavy atom. The molecule has 1 aliphatic heterocycles. The lowest BCUT2D eigenvalue weighted by molar-refractivity contribution is 0.0735. The van der Waals surface area contributed by atoms with Crippen LogP contribution in [0.15, 0.2) is 63.8 Å². The number of thioether (sulfide) groups is 1. The summed E-state index contributed by atoms with van der Waals surface area (Å²) in [5, 5.41) is 0.465. The molecule has 0 unspecified atom stereocenters. The number of rotatable bonds is 2.